The van der Waals surface area contributed by atoms with Crippen LogP contribution in [0.1, 0.15) is 36.3 Å². The summed E-state index contributed by atoms with van der Waals surface area (Å²) in [4.78, 5) is 12.1. The lowest BCUT2D eigenvalue weighted by Crippen LogP contribution is -2.02. The summed E-state index contributed by atoms with van der Waals surface area (Å²) < 4.78 is 5.29. The van der Waals surface area contributed by atoms with Gasteiger partial charge in [-0.25, -0.2) is 0 Å². The van der Waals surface area contributed by atoms with E-state index in [9.17, 15) is 4.79 Å². The second-order valence-corrected chi connectivity index (χ2v) is 6.80. The Labute approximate surface area is 145 Å². The van der Waals surface area contributed by atoms with E-state index in [-0.39, 0.29) is 5.78 Å². The molecule has 2 aromatic heterocycles. The molecule has 0 unspecified atom stereocenters. The van der Waals surface area contributed by atoms with Gasteiger partial charge in [-0.15, -0.1) is 10.2 Å². The van der Waals surface area contributed by atoms with Crippen LogP contribution in [0.2, 0.25) is 0 Å². The minimum atomic E-state index is 0.233. The molecular formula is C19H20N2O2S. The number of nitrogens with zero attached hydrogens (tertiary/aromatic N) is 2. The van der Waals surface area contributed by atoms with Crippen molar-refractivity contribution >= 4 is 17.1 Å². The molecule has 5 heteroatoms. The molecule has 2 heterocycles. The molecule has 3 aromatic rings. The molecule has 0 spiro atoms. The van der Waals surface area contributed by atoms with E-state index < -0.39 is 0 Å². The molecule has 0 aliphatic carbocycles. The number of unbranched alkanes of at least 4 members (excludes halogenated alkanes) is 2. The van der Waals surface area contributed by atoms with Crippen LogP contribution in [0.4, 0.5) is 0 Å². The van der Waals surface area contributed by atoms with Gasteiger partial charge in [-0.3, -0.25) is 4.79 Å². The highest BCUT2D eigenvalue weighted by molar-refractivity contribution is 7.14. The Kier molecular flexibility index (Phi) is 5.90. The van der Waals surface area contributed by atoms with Crippen LogP contribution in [-0.2, 0) is 17.6 Å². The van der Waals surface area contributed by atoms with E-state index in [0.29, 0.717) is 18.6 Å². The summed E-state index contributed by atoms with van der Waals surface area (Å²) in [6.07, 6.45) is 6.82. The second kappa shape index (κ2) is 8.55. The van der Waals surface area contributed by atoms with Crippen molar-refractivity contribution in [3.05, 3.63) is 59.3 Å². The van der Waals surface area contributed by atoms with Crippen LogP contribution >= 0.6 is 11.3 Å². The van der Waals surface area contributed by atoms with Crippen molar-refractivity contribution in [1.82, 2.24) is 10.2 Å². The lowest BCUT2D eigenvalue weighted by molar-refractivity contribution is -0.118. The molecule has 0 aliphatic rings. The van der Waals surface area contributed by atoms with Gasteiger partial charge in [0.1, 0.15) is 10.8 Å². The van der Waals surface area contributed by atoms with Crippen molar-refractivity contribution in [3.8, 4) is 10.8 Å². The average molecular weight is 340 g/mol. The number of carbonyl (C=O) groups excluding carboxylic acids is 1. The van der Waals surface area contributed by atoms with Crippen molar-refractivity contribution in [3.63, 3.8) is 0 Å². The van der Waals surface area contributed by atoms with Gasteiger partial charge in [0.15, 0.2) is 10.8 Å². The first-order valence-corrected chi connectivity index (χ1v) is 9.05. The zero-order valence-corrected chi connectivity index (χ0v) is 14.3. The average Bonchev–Trinajstić information content (AvgIpc) is 3.27. The number of aromatic nitrogens is 2. The van der Waals surface area contributed by atoms with E-state index >= 15 is 0 Å². The first-order valence-electron chi connectivity index (χ1n) is 8.23. The lowest BCUT2D eigenvalue weighted by atomic mass is 10.0. The normalized spacial score (nSPS) is 10.8. The number of ketones is 1. The van der Waals surface area contributed by atoms with Gasteiger partial charge in [-0.1, -0.05) is 48.1 Å². The van der Waals surface area contributed by atoms with Gasteiger partial charge in [0.2, 0.25) is 0 Å². The summed E-state index contributed by atoms with van der Waals surface area (Å²) in [6, 6.07) is 14.1. The van der Waals surface area contributed by atoms with Crippen LogP contribution in [0.15, 0.2) is 53.1 Å². The fourth-order valence-electron chi connectivity index (χ4n) is 2.55. The molecule has 0 aliphatic heterocycles. The van der Waals surface area contributed by atoms with Crippen LogP contribution in [0, 0.1) is 0 Å². The Morgan fingerprint density at radius 2 is 1.88 bits per heavy atom. The second-order valence-electron chi connectivity index (χ2n) is 5.74. The number of aryl methyl sites for hydroxylation is 1. The van der Waals surface area contributed by atoms with Crippen LogP contribution in [0.5, 0.6) is 0 Å². The highest BCUT2D eigenvalue weighted by Crippen LogP contribution is 2.24. The first kappa shape index (κ1) is 16.6. The summed E-state index contributed by atoms with van der Waals surface area (Å²) in [5.41, 5.74) is 1.36. The summed E-state index contributed by atoms with van der Waals surface area (Å²) >= 11 is 1.42. The molecule has 4 nitrogen and oxygen atoms in total. The van der Waals surface area contributed by atoms with Crippen molar-refractivity contribution < 1.29 is 9.21 Å². The van der Waals surface area contributed by atoms with Crippen molar-refractivity contribution in [2.24, 2.45) is 0 Å². The zero-order valence-electron chi connectivity index (χ0n) is 13.5. The van der Waals surface area contributed by atoms with Crippen LogP contribution in [0.25, 0.3) is 10.8 Å². The molecule has 0 saturated carbocycles. The predicted molar refractivity (Wildman–Crippen MR) is 94.9 cm³/mol. The molecule has 0 amide bonds. The maximum absolute atomic E-state index is 12.1. The third kappa shape index (κ3) is 4.86. The lowest BCUT2D eigenvalue weighted by Gasteiger charge is -2.01. The maximum Gasteiger partial charge on any atom is 0.183 e. The maximum atomic E-state index is 12.1. The molecule has 0 saturated heterocycles. The van der Waals surface area contributed by atoms with Gasteiger partial charge in [-0.2, -0.15) is 0 Å². The Morgan fingerprint density at radius 1 is 1.00 bits per heavy atom. The Morgan fingerprint density at radius 3 is 2.67 bits per heavy atom. The number of Topliss-reactive ketones (excluding diaryl/α,β-unsaturated/α-hetero) is 1. The number of hydrogen-bond acceptors (Lipinski definition) is 5. The van der Waals surface area contributed by atoms with Gasteiger partial charge < -0.3 is 4.42 Å². The standard InChI is InChI=1S/C19H20N2O2S/c22-16(11-6-2-5-10-15-8-3-1-4-9-15)14-18-20-21-19(24-18)17-12-7-13-23-17/h1,3-4,7-9,12-13H,2,5-6,10-11,14H2. The van der Waals surface area contributed by atoms with Gasteiger partial charge in [-0.05, 0) is 37.0 Å². The third-order valence-corrected chi connectivity index (χ3v) is 4.75. The van der Waals surface area contributed by atoms with Crippen molar-refractivity contribution in [2.45, 2.75) is 38.5 Å². The summed E-state index contributed by atoms with van der Waals surface area (Å²) in [5, 5.41) is 9.65. The predicted octanol–water partition coefficient (Wildman–Crippen LogP) is 4.71. The van der Waals surface area contributed by atoms with Gasteiger partial charge >= 0.3 is 0 Å². The monoisotopic (exact) mass is 340 g/mol. The van der Waals surface area contributed by atoms with Crippen LogP contribution < -0.4 is 0 Å². The highest BCUT2D eigenvalue weighted by atomic mass is 32.1. The molecule has 0 fully saturated rings. The topological polar surface area (TPSA) is 56.0 Å². The van der Waals surface area contributed by atoms with E-state index in [1.807, 2.05) is 18.2 Å². The first-order chi connectivity index (χ1) is 11.8. The number of furan rings is 1. The van der Waals surface area contributed by atoms with E-state index in [1.54, 1.807) is 6.26 Å². The molecule has 0 radical (unpaired) electrons. The van der Waals surface area contributed by atoms with Gasteiger partial charge in [0, 0.05) is 6.42 Å². The fourth-order valence-corrected chi connectivity index (χ4v) is 3.39. The molecule has 0 N–H and O–H groups in total. The number of rotatable bonds is 9. The SMILES string of the molecule is O=C(CCCCCc1ccccc1)Cc1nnc(-c2ccco2)s1. The molecule has 3 rings (SSSR count). The molecule has 24 heavy (non-hydrogen) atoms. The van der Waals surface area contributed by atoms with Crippen LogP contribution in [-0.4, -0.2) is 16.0 Å². The number of hydrogen-bond donors (Lipinski definition) is 0. The molecular weight excluding hydrogens is 320 g/mol. The fraction of sp³-hybridized carbons (Fsp3) is 0.316. The quantitative estimate of drug-likeness (QED) is 0.529. The Hall–Kier alpha value is -2.27. The third-order valence-electron chi connectivity index (χ3n) is 3.81. The summed E-state index contributed by atoms with van der Waals surface area (Å²) in [6.45, 7) is 0. The van der Waals surface area contributed by atoms with E-state index in [0.717, 1.165) is 35.7 Å². The van der Waals surface area contributed by atoms with Crippen LogP contribution in [0.3, 0.4) is 0 Å². The van der Waals surface area contributed by atoms with E-state index in [2.05, 4.69) is 34.5 Å². The minimum absolute atomic E-state index is 0.233. The van der Waals surface area contributed by atoms with E-state index in [1.165, 1.54) is 16.9 Å². The molecule has 1 aromatic carbocycles. The smallest absolute Gasteiger partial charge is 0.183 e. The van der Waals surface area contributed by atoms with Gasteiger partial charge in [0.05, 0.1) is 12.7 Å². The number of carbonyl (C=O) groups is 1. The minimum Gasteiger partial charge on any atom is -0.462 e. The molecule has 124 valence electrons. The summed E-state index contributed by atoms with van der Waals surface area (Å²) in [5.74, 6) is 0.934. The zero-order chi connectivity index (χ0) is 16.6. The molecule has 0 bridgehead atoms. The molecule has 0 atom stereocenters. The van der Waals surface area contributed by atoms with Crippen molar-refractivity contribution in [1.29, 1.82) is 0 Å². The largest absolute Gasteiger partial charge is 0.462 e. The highest BCUT2D eigenvalue weighted by Gasteiger charge is 2.12. The summed E-state index contributed by atoms with van der Waals surface area (Å²) in [7, 11) is 0. The van der Waals surface area contributed by atoms with Gasteiger partial charge in [0.25, 0.3) is 0 Å². The number of benzene rings is 1. The van der Waals surface area contributed by atoms with E-state index in [4.69, 9.17) is 4.42 Å². The van der Waals surface area contributed by atoms with Crippen molar-refractivity contribution in [2.75, 3.05) is 0 Å². The Bertz CT molecular complexity index is 751. The Balaban J connectivity index is 1.35.